The molecule has 25 heavy (non-hydrogen) atoms. The number of halogens is 1. The minimum atomic E-state index is -0.0924. The summed E-state index contributed by atoms with van der Waals surface area (Å²) in [7, 11) is 0. The van der Waals surface area contributed by atoms with Crippen molar-refractivity contribution >= 4 is 17.5 Å². The average molecular weight is 354 g/mol. The zero-order valence-corrected chi connectivity index (χ0v) is 14.1. The van der Waals surface area contributed by atoms with E-state index < -0.39 is 0 Å². The van der Waals surface area contributed by atoms with E-state index in [1.807, 2.05) is 6.07 Å². The van der Waals surface area contributed by atoms with E-state index in [2.05, 4.69) is 9.97 Å². The minimum Gasteiger partial charge on any atom is -0.508 e. The fourth-order valence-electron chi connectivity index (χ4n) is 3.28. The van der Waals surface area contributed by atoms with Crippen LogP contribution in [-0.4, -0.2) is 32.4 Å². The predicted octanol–water partition coefficient (Wildman–Crippen LogP) is 3.56. The zero-order valence-electron chi connectivity index (χ0n) is 13.3. The third-order valence-electron chi connectivity index (χ3n) is 4.46. The van der Waals surface area contributed by atoms with Gasteiger partial charge < -0.3 is 15.0 Å². The molecule has 126 valence electrons. The van der Waals surface area contributed by atoms with Crippen LogP contribution in [0.1, 0.15) is 33.2 Å². The van der Waals surface area contributed by atoms with Gasteiger partial charge in [0.15, 0.2) is 0 Å². The Bertz CT molecular complexity index is 938. The number of phenolic OH excluding ortho intramolecular Hbond substituents is 1. The number of hydrogen-bond donors (Lipinski definition) is 2. The largest absolute Gasteiger partial charge is 0.508 e. The molecule has 5 nitrogen and oxygen atoms in total. The standard InChI is InChI=1S/C19H16ClN3O2/c20-14-5-1-4-13(7-14)19(25)23-9-16(12-3-2-6-15(24)8-12)18-17(10-23)21-11-22-18/h1-8,11,16,24H,9-10H2,(H,21,22). The smallest absolute Gasteiger partial charge is 0.254 e. The minimum absolute atomic E-state index is 0.0760. The first-order chi connectivity index (χ1) is 12.1. The number of nitrogens with zero attached hydrogens (tertiary/aromatic N) is 2. The summed E-state index contributed by atoms with van der Waals surface area (Å²) in [6.07, 6.45) is 1.65. The topological polar surface area (TPSA) is 69.2 Å². The molecule has 1 unspecified atom stereocenters. The van der Waals surface area contributed by atoms with Gasteiger partial charge in [0.1, 0.15) is 5.75 Å². The summed E-state index contributed by atoms with van der Waals surface area (Å²) in [5, 5.41) is 10.3. The molecule has 1 aromatic heterocycles. The van der Waals surface area contributed by atoms with Crippen LogP contribution in [0, 0.1) is 0 Å². The lowest BCUT2D eigenvalue weighted by Crippen LogP contribution is -2.38. The highest BCUT2D eigenvalue weighted by atomic mass is 35.5. The molecule has 0 spiro atoms. The summed E-state index contributed by atoms with van der Waals surface area (Å²) in [6, 6.07) is 14.1. The first-order valence-electron chi connectivity index (χ1n) is 7.98. The van der Waals surface area contributed by atoms with E-state index in [0.29, 0.717) is 23.7 Å². The first kappa shape index (κ1) is 15.7. The molecule has 0 radical (unpaired) electrons. The van der Waals surface area contributed by atoms with Crippen molar-refractivity contribution in [3.05, 3.63) is 82.4 Å². The number of amides is 1. The Morgan fingerprint density at radius 1 is 1.24 bits per heavy atom. The van der Waals surface area contributed by atoms with Crippen molar-refractivity contribution in [1.82, 2.24) is 14.9 Å². The van der Waals surface area contributed by atoms with Crippen LogP contribution in [0.15, 0.2) is 54.9 Å². The van der Waals surface area contributed by atoms with Crippen LogP contribution in [0.4, 0.5) is 0 Å². The molecular weight excluding hydrogens is 338 g/mol. The van der Waals surface area contributed by atoms with E-state index in [9.17, 15) is 9.90 Å². The molecule has 0 saturated heterocycles. The van der Waals surface area contributed by atoms with Gasteiger partial charge >= 0.3 is 0 Å². The number of hydrogen-bond acceptors (Lipinski definition) is 3. The summed E-state index contributed by atoms with van der Waals surface area (Å²) < 4.78 is 0. The van der Waals surface area contributed by atoms with Gasteiger partial charge in [-0.25, -0.2) is 4.98 Å². The van der Waals surface area contributed by atoms with Crippen molar-refractivity contribution in [2.24, 2.45) is 0 Å². The fraction of sp³-hybridized carbons (Fsp3) is 0.158. The van der Waals surface area contributed by atoms with Gasteiger partial charge in [-0.1, -0.05) is 29.8 Å². The molecule has 0 saturated carbocycles. The van der Waals surface area contributed by atoms with Crippen molar-refractivity contribution in [2.45, 2.75) is 12.5 Å². The normalized spacial score (nSPS) is 16.5. The highest BCUT2D eigenvalue weighted by molar-refractivity contribution is 6.30. The number of H-pyrrole nitrogens is 1. The van der Waals surface area contributed by atoms with Gasteiger partial charge in [0, 0.05) is 23.0 Å². The lowest BCUT2D eigenvalue weighted by molar-refractivity contribution is 0.0722. The molecular formula is C19H16ClN3O2. The number of aromatic hydroxyl groups is 1. The number of benzene rings is 2. The van der Waals surface area contributed by atoms with Crippen LogP contribution in [0.3, 0.4) is 0 Å². The van der Waals surface area contributed by atoms with Crippen LogP contribution in [0.25, 0.3) is 0 Å². The molecule has 2 heterocycles. The monoisotopic (exact) mass is 353 g/mol. The van der Waals surface area contributed by atoms with Crippen molar-refractivity contribution in [2.75, 3.05) is 6.54 Å². The Morgan fingerprint density at radius 3 is 2.88 bits per heavy atom. The molecule has 1 aliphatic heterocycles. The van der Waals surface area contributed by atoms with Crippen LogP contribution in [-0.2, 0) is 6.54 Å². The van der Waals surface area contributed by atoms with Crippen LogP contribution in [0.2, 0.25) is 5.02 Å². The third-order valence-corrected chi connectivity index (χ3v) is 4.70. The fourth-order valence-corrected chi connectivity index (χ4v) is 3.47. The van der Waals surface area contributed by atoms with E-state index in [0.717, 1.165) is 17.0 Å². The number of fused-ring (bicyclic) bond motifs is 1. The lowest BCUT2D eigenvalue weighted by Gasteiger charge is -2.32. The summed E-state index contributed by atoms with van der Waals surface area (Å²) in [4.78, 5) is 22.2. The summed E-state index contributed by atoms with van der Waals surface area (Å²) in [5.41, 5.74) is 3.32. The highest BCUT2D eigenvalue weighted by Crippen LogP contribution is 2.33. The molecule has 2 N–H and O–H groups in total. The van der Waals surface area contributed by atoms with E-state index in [1.165, 1.54) is 0 Å². The van der Waals surface area contributed by atoms with Gasteiger partial charge in [0.05, 0.1) is 24.3 Å². The molecule has 0 fully saturated rings. The van der Waals surface area contributed by atoms with Crippen molar-refractivity contribution < 1.29 is 9.90 Å². The van der Waals surface area contributed by atoms with Gasteiger partial charge in [-0.05, 0) is 35.9 Å². The van der Waals surface area contributed by atoms with E-state index in [4.69, 9.17) is 11.6 Å². The Kier molecular flexibility index (Phi) is 3.93. The van der Waals surface area contributed by atoms with Crippen LogP contribution >= 0.6 is 11.6 Å². The number of nitrogens with one attached hydrogen (secondary N) is 1. The number of imidazole rings is 1. The van der Waals surface area contributed by atoms with Crippen molar-refractivity contribution in [3.63, 3.8) is 0 Å². The first-order valence-corrected chi connectivity index (χ1v) is 8.35. The van der Waals surface area contributed by atoms with Gasteiger partial charge in [-0.3, -0.25) is 4.79 Å². The number of aromatic nitrogens is 2. The second kappa shape index (κ2) is 6.26. The molecule has 1 atom stereocenters. The molecule has 0 aliphatic carbocycles. The van der Waals surface area contributed by atoms with Crippen molar-refractivity contribution in [3.8, 4) is 5.75 Å². The Morgan fingerprint density at radius 2 is 2.08 bits per heavy atom. The van der Waals surface area contributed by atoms with E-state index in [-0.39, 0.29) is 17.6 Å². The van der Waals surface area contributed by atoms with Gasteiger partial charge in [-0.2, -0.15) is 0 Å². The maximum Gasteiger partial charge on any atom is 0.254 e. The number of phenols is 1. The number of carbonyl (C=O) groups excluding carboxylic acids is 1. The maximum absolute atomic E-state index is 12.9. The molecule has 2 aromatic carbocycles. The second-order valence-electron chi connectivity index (χ2n) is 6.11. The van der Waals surface area contributed by atoms with Gasteiger partial charge in [0.2, 0.25) is 0 Å². The Balaban J connectivity index is 1.70. The van der Waals surface area contributed by atoms with E-state index >= 15 is 0 Å². The zero-order chi connectivity index (χ0) is 17.4. The summed E-state index contributed by atoms with van der Waals surface area (Å²) >= 11 is 6.02. The second-order valence-corrected chi connectivity index (χ2v) is 6.55. The molecule has 4 rings (SSSR count). The maximum atomic E-state index is 12.9. The van der Waals surface area contributed by atoms with E-state index in [1.54, 1.807) is 53.7 Å². The SMILES string of the molecule is O=C(c1cccc(Cl)c1)N1Cc2[nH]cnc2C(c2cccc(O)c2)C1. The lowest BCUT2D eigenvalue weighted by atomic mass is 9.90. The predicted molar refractivity (Wildman–Crippen MR) is 94.7 cm³/mol. The Hall–Kier alpha value is -2.79. The van der Waals surface area contributed by atoms with Gasteiger partial charge in [-0.15, -0.1) is 0 Å². The van der Waals surface area contributed by atoms with Crippen molar-refractivity contribution in [1.29, 1.82) is 0 Å². The molecule has 3 aromatic rings. The molecule has 0 bridgehead atoms. The van der Waals surface area contributed by atoms with Crippen LogP contribution in [0.5, 0.6) is 5.75 Å². The number of aromatic amines is 1. The summed E-state index contributed by atoms with van der Waals surface area (Å²) in [6.45, 7) is 0.961. The van der Waals surface area contributed by atoms with Crippen LogP contribution < -0.4 is 0 Å². The number of carbonyl (C=O) groups is 1. The summed E-state index contributed by atoms with van der Waals surface area (Å²) in [5.74, 6) is 0.0333. The molecule has 6 heteroatoms. The molecule has 1 aliphatic rings. The number of rotatable bonds is 2. The highest BCUT2D eigenvalue weighted by Gasteiger charge is 2.31. The average Bonchev–Trinajstić information content (AvgIpc) is 3.09. The Labute approximate surface area is 149 Å². The molecule has 1 amide bonds. The quantitative estimate of drug-likeness (QED) is 0.740. The third kappa shape index (κ3) is 2.98. The van der Waals surface area contributed by atoms with Gasteiger partial charge in [0.25, 0.3) is 5.91 Å².